The molecule has 0 saturated carbocycles. The van der Waals surface area contributed by atoms with Crippen LogP contribution >= 0.6 is 11.3 Å². The van der Waals surface area contributed by atoms with Gasteiger partial charge in [0.15, 0.2) is 5.82 Å². The van der Waals surface area contributed by atoms with Crippen molar-refractivity contribution in [1.29, 1.82) is 0 Å². The van der Waals surface area contributed by atoms with Crippen molar-refractivity contribution in [3.8, 4) is 22.1 Å². The van der Waals surface area contributed by atoms with E-state index >= 15 is 0 Å². The van der Waals surface area contributed by atoms with Crippen molar-refractivity contribution < 1.29 is 0 Å². The van der Waals surface area contributed by atoms with Gasteiger partial charge < -0.3 is 4.90 Å². The maximum Gasteiger partial charge on any atom is 0.178 e. The maximum absolute atomic E-state index is 4.66. The fourth-order valence-electron chi connectivity index (χ4n) is 2.15. The predicted octanol–water partition coefficient (Wildman–Crippen LogP) is 3.58. The van der Waals surface area contributed by atoms with Crippen LogP contribution in [-0.4, -0.2) is 38.9 Å². The molecule has 23 heavy (non-hydrogen) atoms. The van der Waals surface area contributed by atoms with E-state index in [1.54, 1.807) is 29.8 Å². The van der Waals surface area contributed by atoms with Crippen LogP contribution in [0, 0.1) is 0 Å². The van der Waals surface area contributed by atoms with E-state index in [1.807, 2.05) is 43.4 Å². The molecular formula is C17H17N5S. The molecule has 0 radical (unpaired) electrons. The number of allylic oxidation sites excluding steroid dienone is 1. The third-order valence-electron chi connectivity index (χ3n) is 3.09. The Hall–Kier alpha value is -2.60. The van der Waals surface area contributed by atoms with E-state index in [4.69, 9.17) is 0 Å². The molecule has 0 unspecified atom stereocenters. The quantitative estimate of drug-likeness (QED) is 0.734. The topological polar surface area (TPSA) is 54.8 Å². The Bertz CT molecular complexity index is 824. The first-order valence-corrected chi connectivity index (χ1v) is 8.01. The van der Waals surface area contributed by atoms with Crippen LogP contribution in [-0.2, 0) is 0 Å². The summed E-state index contributed by atoms with van der Waals surface area (Å²) in [5, 5.41) is 0.997. The summed E-state index contributed by atoms with van der Waals surface area (Å²) in [5.41, 5.74) is 2.78. The number of thiazole rings is 1. The minimum atomic E-state index is 0.628. The zero-order valence-corrected chi connectivity index (χ0v) is 14.1. The van der Waals surface area contributed by atoms with Crippen LogP contribution in [0.25, 0.3) is 27.7 Å². The van der Waals surface area contributed by atoms with Gasteiger partial charge in [0.05, 0.1) is 10.6 Å². The van der Waals surface area contributed by atoms with Crippen LogP contribution in [0.3, 0.4) is 0 Å². The van der Waals surface area contributed by atoms with Crippen LogP contribution in [0.5, 0.6) is 0 Å². The maximum atomic E-state index is 4.66. The van der Waals surface area contributed by atoms with Gasteiger partial charge in [0.2, 0.25) is 0 Å². The van der Waals surface area contributed by atoms with Crippen LogP contribution in [0.2, 0.25) is 0 Å². The van der Waals surface area contributed by atoms with Gasteiger partial charge in [-0.25, -0.2) is 19.9 Å². The van der Waals surface area contributed by atoms with Gasteiger partial charge in [-0.15, -0.1) is 11.3 Å². The molecule has 6 heteroatoms. The molecule has 0 atom stereocenters. The Kier molecular flexibility index (Phi) is 4.43. The summed E-state index contributed by atoms with van der Waals surface area (Å²) in [7, 11) is 4.01. The molecule has 3 aromatic heterocycles. The van der Waals surface area contributed by atoms with Gasteiger partial charge in [0.25, 0.3) is 0 Å². The number of aromatic nitrogens is 4. The van der Waals surface area contributed by atoms with E-state index < -0.39 is 0 Å². The van der Waals surface area contributed by atoms with Crippen LogP contribution < -0.4 is 0 Å². The molecule has 0 amide bonds. The summed E-state index contributed by atoms with van der Waals surface area (Å²) >= 11 is 1.63. The Morgan fingerprint density at radius 3 is 2.52 bits per heavy atom. The Balaban J connectivity index is 1.93. The molecule has 0 N–H and O–H groups in total. The Morgan fingerprint density at radius 1 is 1.04 bits per heavy atom. The zero-order valence-electron chi connectivity index (χ0n) is 13.3. The third-order valence-corrected chi connectivity index (χ3v) is 4.25. The standard InChI is InChI=1S/C17H17N5S/c1-12(11-22(2)3)17-20-10-15(23-17)13-6-4-7-14(21-13)16-18-8-5-9-19-16/h4-11H,1-3H3/b12-11+. The number of rotatable bonds is 4. The molecule has 0 bridgehead atoms. The molecule has 3 heterocycles. The van der Waals surface area contributed by atoms with Crippen LogP contribution in [0.4, 0.5) is 0 Å². The highest BCUT2D eigenvalue weighted by atomic mass is 32.1. The third kappa shape index (κ3) is 3.60. The van der Waals surface area contributed by atoms with Crippen LogP contribution in [0.1, 0.15) is 11.9 Å². The summed E-state index contributed by atoms with van der Waals surface area (Å²) in [6.45, 7) is 2.06. The highest BCUT2D eigenvalue weighted by Crippen LogP contribution is 2.29. The van der Waals surface area contributed by atoms with Gasteiger partial charge in [0, 0.05) is 44.5 Å². The minimum absolute atomic E-state index is 0.628. The summed E-state index contributed by atoms with van der Waals surface area (Å²) in [5.74, 6) is 0.628. The highest BCUT2D eigenvalue weighted by Gasteiger charge is 2.09. The van der Waals surface area contributed by atoms with E-state index in [0.29, 0.717) is 5.82 Å². The molecule has 0 saturated heterocycles. The molecule has 0 fully saturated rings. The van der Waals surface area contributed by atoms with Gasteiger partial charge >= 0.3 is 0 Å². The molecule has 3 rings (SSSR count). The smallest absolute Gasteiger partial charge is 0.178 e. The molecule has 0 aliphatic heterocycles. The second-order valence-corrected chi connectivity index (χ2v) is 6.32. The fourth-order valence-corrected chi connectivity index (χ4v) is 3.00. The summed E-state index contributed by atoms with van der Waals surface area (Å²) < 4.78 is 0. The van der Waals surface area contributed by atoms with Crippen molar-refractivity contribution in [3.63, 3.8) is 0 Å². The summed E-state index contributed by atoms with van der Waals surface area (Å²) in [4.78, 5) is 20.7. The first-order valence-electron chi connectivity index (χ1n) is 7.19. The first-order chi connectivity index (χ1) is 11.1. The number of hydrogen-bond acceptors (Lipinski definition) is 6. The number of pyridine rings is 1. The van der Waals surface area contributed by atoms with Crippen molar-refractivity contribution in [2.75, 3.05) is 14.1 Å². The lowest BCUT2D eigenvalue weighted by Crippen LogP contribution is -2.01. The Labute approximate surface area is 139 Å². The van der Waals surface area contributed by atoms with E-state index in [9.17, 15) is 0 Å². The zero-order chi connectivity index (χ0) is 16.2. The molecule has 3 aromatic rings. The van der Waals surface area contributed by atoms with E-state index in [2.05, 4.69) is 33.1 Å². The van der Waals surface area contributed by atoms with Crippen LogP contribution in [0.15, 0.2) is 49.1 Å². The molecule has 0 aliphatic carbocycles. The molecule has 0 spiro atoms. The number of hydrogen-bond donors (Lipinski definition) is 0. The van der Waals surface area contributed by atoms with Crippen molar-refractivity contribution in [3.05, 3.63) is 54.1 Å². The SMILES string of the molecule is C/C(=C\N(C)C)c1ncc(-c2cccc(-c3ncccn3)n2)s1. The van der Waals surface area contributed by atoms with E-state index in [-0.39, 0.29) is 0 Å². The Morgan fingerprint density at radius 2 is 1.78 bits per heavy atom. The van der Waals surface area contributed by atoms with Gasteiger partial charge in [-0.05, 0) is 25.1 Å². The fraction of sp³-hybridized carbons (Fsp3) is 0.176. The molecule has 0 aromatic carbocycles. The second-order valence-electron chi connectivity index (χ2n) is 5.29. The molecule has 5 nitrogen and oxygen atoms in total. The van der Waals surface area contributed by atoms with Crippen molar-refractivity contribution in [1.82, 2.24) is 24.8 Å². The average molecular weight is 323 g/mol. The van der Waals surface area contributed by atoms with Crippen molar-refractivity contribution in [2.45, 2.75) is 6.92 Å². The molecule has 116 valence electrons. The predicted molar refractivity (Wildman–Crippen MR) is 93.7 cm³/mol. The number of nitrogens with zero attached hydrogens (tertiary/aromatic N) is 5. The monoisotopic (exact) mass is 323 g/mol. The van der Waals surface area contributed by atoms with Crippen molar-refractivity contribution in [2.24, 2.45) is 0 Å². The van der Waals surface area contributed by atoms with Crippen molar-refractivity contribution >= 4 is 16.9 Å². The summed E-state index contributed by atoms with van der Waals surface area (Å²) in [6.07, 6.45) is 7.36. The van der Waals surface area contributed by atoms with E-state index in [1.165, 1.54) is 0 Å². The molecular weight excluding hydrogens is 306 g/mol. The van der Waals surface area contributed by atoms with E-state index in [0.717, 1.165) is 26.8 Å². The highest BCUT2D eigenvalue weighted by molar-refractivity contribution is 7.16. The lowest BCUT2D eigenvalue weighted by Gasteiger charge is -2.05. The minimum Gasteiger partial charge on any atom is -0.383 e. The largest absolute Gasteiger partial charge is 0.383 e. The lowest BCUT2D eigenvalue weighted by molar-refractivity contribution is 0.565. The molecule has 0 aliphatic rings. The summed E-state index contributed by atoms with van der Waals surface area (Å²) in [6, 6.07) is 7.66. The normalized spacial score (nSPS) is 11.5. The van der Waals surface area contributed by atoms with Gasteiger partial charge in [-0.1, -0.05) is 6.07 Å². The lowest BCUT2D eigenvalue weighted by atomic mass is 10.2. The second kappa shape index (κ2) is 6.66. The van der Waals surface area contributed by atoms with Gasteiger partial charge in [-0.3, -0.25) is 0 Å². The van der Waals surface area contributed by atoms with Gasteiger partial charge in [-0.2, -0.15) is 0 Å². The van der Waals surface area contributed by atoms with Gasteiger partial charge in [0.1, 0.15) is 10.7 Å². The average Bonchev–Trinajstić information content (AvgIpc) is 3.05. The first kappa shape index (κ1) is 15.3.